The third-order valence-electron chi connectivity index (χ3n) is 4.64. The molecular weight excluding hydrogens is 248 g/mol. The van der Waals surface area contributed by atoms with Gasteiger partial charge in [-0.05, 0) is 44.3 Å². The van der Waals surface area contributed by atoms with Crippen molar-refractivity contribution >= 4 is 5.91 Å². The number of nitrogens with zero attached hydrogens (tertiary/aromatic N) is 1. The van der Waals surface area contributed by atoms with Crippen LogP contribution in [-0.4, -0.2) is 36.0 Å². The molecule has 0 aromatic heterocycles. The van der Waals surface area contributed by atoms with Crippen LogP contribution in [0.1, 0.15) is 44.1 Å². The lowest BCUT2D eigenvalue weighted by Gasteiger charge is -2.35. The molecule has 1 aliphatic heterocycles. The van der Waals surface area contributed by atoms with Crippen LogP contribution in [0.15, 0.2) is 30.3 Å². The minimum absolute atomic E-state index is 0.00920. The van der Waals surface area contributed by atoms with Crippen molar-refractivity contribution in [2.75, 3.05) is 19.6 Å². The van der Waals surface area contributed by atoms with Gasteiger partial charge in [-0.15, -0.1) is 0 Å². The Hall–Kier alpha value is -1.35. The molecule has 1 aromatic rings. The fourth-order valence-corrected chi connectivity index (χ4v) is 3.05. The Kier molecular flexibility index (Phi) is 3.79. The molecule has 1 amide bonds. The summed E-state index contributed by atoms with van der Waals surface area (Å²) in [6.45, 7) is 5.54. The molecule has 1 atom stereocenters. The first-order valence-electron chi connectivity index (χ1n) is 7.82. The summed E-state index contributed by atoms with van der Waals surface area (Å²) in [4.78, 5) is 15.0. The van der Waals surface area contributed by atoms with Crippen molar-refractivity contribution in [1.29, 1.82) is 0 Å². The van der Waals surface area contributed by atoms with E-state index >= 15 is 0 Å². The third-order valence-corrected chi connectivity index (χ3v) is 4.64. The van der Waals surface area contributed by atoms with Crippen LogP contribution in [0.3, 0.4) is 0 Å². The van der Waals surface area contributed by atoms with Crippen molar-refractivity contribution in [3.63, 3.8) is 0 Å². The average molecular weight is 272 g/mol. The monoisotopic (exact) mass is 272 g/mol. The summed E-state index contributed by atoms with van der Waals surface area (Å²) in [6.07, 6.45) is 4.45. The van der Waals surface area contributed by atoms with Gasteiger partial charge in [0.15, 0.2) is 0 Å². The Balaban J connectivity index is 1.62. The number of nitrogens with one attached hydrogen (secondary N) is 1. The van der Waals surface area contributed by atoms with Gasteiger partial charge in [-0.25, -0.2) is 0 Å². The van der Waals surface area contributed by atoms with E-state index in [1.807, 2.05) is 18.2 Å². The largest absolute Gasteiger partial charge is 0.349 e. The molecule has 3 nitrogen and oxygen atoms in total. The highest BCUT2D eigenvalue weighted by molar-refractivity contribution is 5.84. The highest BCUT2D eigenvalue weighted by atomic mass is 16.2. The van der Waals surface area contributed by atoms with Gasteiger partial charge in [-0.1, -0.05) is 37.3 Å². The van der Waals surface area contributed by atoms with Crippen molar-refractivity contribution in [3.8, 4) is 0 Å². The van der Waals surface area contributed by atoms with Gasteiger partial charge < -0.3 is 10.2 Å². The first-order valence-corrected chi connectivity index (χ1v) is 7.82. The van der Waals surface area contributed by atoms with E-state index in [0.717, 1.165) is 31.4 Å². The molecule has 0 radical (unpaired) electrons. The van der Waals surface area contributed by atoms with E-state index in [2.05, 4.69) is 29.3 Å². The van der Waals surface area contributed by atoms with Crippen LogP contribution in [-0.2, 0) is 4.79 Å². The first-order chi connectivity index (χ1) is 9.72. The Morgan fingerprint density at radius 3 is 2.50 bits per heavy atom. The molecule has 0 unspecified atom stereocenters. The van der Waals surface area contributed by atoms with Crippen molar-refractivity contribution in [3.05, 3.63) is 35.9 Å². The maximum atomic E-state index is 12.6. The highest BCUT2D eigenvalue weighted by Gasteiger charge is 2.46. The van der Waals surface area contributed by atoms with E-state index in [-0.39, 0.29) is 17.4 Å². The van der Waals surface area contributed by atoms with Gasteiger partial charge >= 0.3 is 0 Å². The molecule has 1 saturated heterocycles. The Morgan fingerprint density at radius 1 is 1.30 bits per heavy atom. The molecule has 3 heteroatoms. The van der Waals surface area contributed by atoms with Crippen LogP contribution in [0.25, 0.3) is 0 Å². The summed E-state index contributed by atoms with van der Waals surface area (Å²) in [7, 11) is 0. The zero-order chi connectivity index (χ0) is 14.0. The van der Waals surface area contributed by atoms with Gasteiger partial charge in [-0.2, -0.15) is 0 Å². The summed E-state index contributed by atoms with van der Waals surface area (Å²) in [6, 6.07) is 10.1. The summed E-state index contributed by atoms with van der Waals surface area (Å²) in [5.41, 5.74) is 1.21. The normalized spacial score (nSPS) is 21.9. The zero-order valence-electron chi connectivity index (χ0n) is 12.3. The average Bonchev–Trinajstić information content (AvgIpc) is 3.16. The first kappa shape index (κ1) is 13.6. The zero-order valence-corrected chi connectivity index (χ0v) is 12.3. The third kappa shape index (κ3) is 2.88. The molecule has 1 saturated carbocycles. The van der Waals surface area contributed by atoms with Crippen LogP contribution in [0.5, 0.6) is 0 Å². The van der Waals surface area contributed by atoms with Crippen molar-refractivity contribution in [1.82, 2.24) is 10.2 Å². The highest BCUT2D eigenvalue weighted by Crippen LogP contribution is 2.38. The molecule has 2 aliphatic rings. The fraction of sp³-hybridized carbons (Fsp3) is 0.588. The van der Waals surface area contributed by atoms with E-state index in [0.29, 0.717) is 0 Å². The van der Waals surface area contributed by atoms with Gasteiger partial charge in [0.1, 0.15) is 0 Å². The number of benzene rings is 1. The number of carbonyl (C=O) groups excluding carboxylic acids is 1. The van der Waals surface area contributed by atoms with Crippen LogP contribution < -0.4 is 5.32 Å². The van der Waals surface area contributed by atoms with Crippen LogP contribution in [0.2, 0.25) is 0 Å². The second-order valence-electron chi connectivity index (χ2n) is 6.27. The summed E-state index contributed by atoms with van der Waals surface area (Å²) in [5, 5.41) is 3.34. The predicted octanol–water partition coefficient (Wildman–Crippen LogP) is 2.53. The number of hydrogen-bond acceptors (Lipinski definition) is 2. The summed E-state index contributed by atoms with van der Waals surface area (Å²) < 4.78 is 0. The van der Waals surface area contributed by atoms with Gasteiger partial charge in [0.2, 0.25) is 5.91 Å². The van der Waals surface area contributed by atoms with E-state index < -0.39 is 0 Å². The second-order valence-corrected chi connectivity index (χ2v) is 6.27. The molecule has 1 aliphatic carbocycles. The van der Waals surface area contributed by atoms with Gasteiger partial charge in [0.25, 0.3) is 0 Å². The van der Waals surface area contributed by atoms with E-state index in [1.165, 1.54) is 19.5 Å². The minimum Gasteiger partial charge on any atom is -0.349 e. The minimum atomic E-state index is -0.00920. The number of hydrogen-bond donors (Lipinski definition) is 1. The van der Waals surface area contributed by atoms with E-state index in [9.17, 15) is 4.79 Å². The summed E-state index contributed by atoms with van der Waals surface area (Å²) in [5.74, 6) is 0.196. The molecule has 3 rings (SSSR count). The van der Waals surface area contributed by atoms with Gasteiger partial charge in [0.05, 0.1) is 11.5 Å². The molecule has 108 valence electrons. The second kappa shape index (κ2) is 5.57. The molecule has 0 bridgehead atoms. The molecular formula is C17H24N2O. The van der Waals surface area contributed by atoms with Crippen LogP contribution in [0, 0.1) is 0 Å². The van der Waals surface area contributed by atoms with Gasteiger partial charge in [0, 0.05) is 6.54 Å². The number of amides is 1. The Labute approximate surface area is 121 Å². The molecule has 20 heavy (non-hydrogen) atoms. The summed E-state index contributed by atoms with van der Waals surface area (Å²) >= 11 is 0. The number of rotatable bonds is 6. The number of carbonyl (C=O) groups is 1. The SMILES string of the molecule is CC[C@H](C(=O)NC1(CN2CCC2)CC1)c1ccccc1. The Bertz CT molecular complexity index is 463. The lowest BCUT2D eigenvalue weighted by atomic mass is 9.95. The van der Waals surface area contributed by atoms with Gasteiger partial charge in [-0.3, -0.25) is 4.79 Å². The van der Waals surface area contributed by atoms with Crippen molar-refractivity contribution in [2.24, 2.45) is 0 Å². The maximum absolute atomic E-state index is 12.6. The quantitative estimate of drug-likeness (QED) is 0.863. The molecule has 1 aromatic carbocycles. The van der Waals surface area contributed by atoms with E-state index in [1.54, 1.807) is 0 Å². The predicted molar refractivity (Wildman–Crippen MR) is 80.6 cm³/mol. The topological polar surface area (TPSA) is 32.3 Å². The van der Waals surface area contributed by atoms with Crippen LogP contribution in [0.4, 0.5) is 0 Å². The van der Waals surface area contributed by atoms with Crippen molar-refractivity contribution in [2.45, 2.75) is 44.1 Å². The van der Waals surface area contributed by atoms with Crippen LogP contribution >= 0.6 is 0 Å². The smallest absolute Gasteiger partial charge is 0.228 e. The Morgan fingerprint density at radius 2 is 2.00 bits per heavy atom. The number of likely N-dealkylation sites (tertiary alicyclic amines) is 1. The maximum Gasteiger partial charge on any atom is 0.228 e. The molecule has 0 spiro atoms. The lowest BCUT2D eigenvalue weighted by Crippen LogP contribution is -2.51. The van der Waals surface area contributed by atoms with Crippen molar-refractivity contribution < 1.29 is 4.79 Å². The fourth-order valence-electron chi connectivity index (χ4n) is 3.05. The molecule has 2 fully saturated rings. The van der Waals surface area contributed by atoms with E-state index in [4.69, 9.17) is 0 Å². The molecule has 1 heterocycles. The lowest BCUT2D eigenvalue weighted by molar-refractivity contribution is -0.123. The standard InChI is InChI=1S/C17H24N2O/c1-2-15(14-7-4-3-5-8-14)16(20)18-17(9-10-17)13-19-11-6-12-19/h3-5,7-8,15H,2,6,9-13H2,1H3,(H,18,20)/t15-/m0/s1. The molecule has 1 N–H and O–H groups in total.